The van der Waals surface area contributed by atoms with E-state index in [0.717, 1.165) is 31.2 Å². The minimum atomic E-state index is 0.0946. The molecule has 0 atom stereocenters. The van der Waals surface area contributed by atoms with Crippen molar-refractivity contribution in [3.8, 4) is 22.3 Å². The Labute approximate surface area is 423 Å². The molecule has 0 spiro atoms. The summed E-state index contributed by atoms with van der Waals surface area (Å²) in [5.41, 5.74) is 26.4. The number of rotatable bonds is 5. The van der Waals surface area contributed by atoms with Gasteiger partial charge in [0.15, 0.2) is 5.78 Å². The molecule has 4 bridgehead atoms. The number of fused-ring (bicyclic) bond motifs is 16. The molecule has 360 valence electrons. The highest BCUT2D eigenvalue weighted by atomic mass is 16.1. The molecular formula is C68H67N3O. The van der Waals surface area contributed by atoms with Crippen LogP contribution in [0.4, 0.5) is 0 Å². The molecule has 6 aliphatic rings. The molecule has 72 heavy (non-hydrogen) atoms. The van der Waals surface area contributed by atoms with Crippen LogP contribution in [0.25, 0.3) is 98.4 Å². The van der Waals surface area contributed by atoms with Crippen molar-refractivity contribution >= 4 is 82.0 Å². The van der Waals surface area contributed by atoms with Crippen LogP contribution >= 0.6 is 0 Å². The lowest BCUT2D eigenvalue weighted by molar-refractivity contribution is 0.0898. The van der Waals surface area contributed by atoms with E-state index in [4.69, 9.17) is 4.98 Å². The van der Waals surface area contributed by atoms with Gasteiger partial charge >= 0.3 is 0 Å². The largest absolute Gasteiger partial charge is 0.308 e. The Morgan fingerprint density at radius 3 is 1.61 bits per heavy atom. The molecule has 0 N–H and O–H groups in total. The number of nitrogens with zero attached hydrogens (tertiary/aromatic N) is 3. The summed E-state index contributed by atoms with van der Waals surface area (Å²) >= 11 is 0. The van der Waals surface area contributed by atoms with Gasteiger partial charge in [-0.05, 0) is 211 Å². The summed E-state index contributed by atoms with van der Waals surface area (Å²) in [4.78, 5) is 20.1. The Morgan fingerprint density at radius 1 is 0.528 bits per heavy atom. The summed E-state index contributed by atoms with van der Waals surface area (Å²) < 4.78 is 5.20. The Balaban J connectivity index is 1.13. The van der Waals surface area contributed by atoms with Crippen LogP contribution in [-0.2, 0) is 10.8 Å². The maximum Gasteiger partial charge on any atom is 0.166 e. The van der Waals surface area contributed by atoms with E-state index >= 15 is 0 Å². The molecule has 0 saturated heterocycles. The maximum absolute atomic E-state index is 14.6. The van der Waals surface area contributed by atoms with Gasteiger partial charge in [-0.25, -0.2) is 0 Å². The van der Waals surface area contributed by atoms with Crippen molar-refractivity contribution in [3.05, 3.63) is 135 Å². The zero-order chi connectivity index (χ0) is 49.3. The van der Waals surface area contributed by atoms with Crippen molar-refractivity contribution in [1.82, 2.24) is 13.8 Å². The Hall–Kier alpha value is -6.26. The molecule has 2 saturated carbocycles. The van der Waals surface area contributed by atoms with E-state index in [0.29, 0.717) is 29.5 Å². The summed E-state index contributed by atoms with van der Waals surface area (Å²) in [5.74, 6) is 2.10. The van der Waals surface area contributed by atoms with Crippen LogP contribution in [-0.4, -0.2) is 19.6 Å². The van der Waals surface area contributed by atoms with E-state index in [1.54, 1.807) is 0 Å². The molecule has 5 heterocycles. The van der Waals surface area contributed by atoms with Gasteiger partial charge in [-0.1, -0.05) is 85.2 Å². The van der Waals surface area contributed by atoms with Gasteiger partial charge in [-0.3, -0.25) is 9.78 Å². The second-order valence-corrected chi connectivity index (χ2v) is 25.4. The summed E-state index contributed by atoms with van der Waals surface area (Å²) in [6.45, 7) is 26.0. The van der Waals surface area contributed by atoms with Gasteiger partial charge in [-0.15, -0.1) is 0 Å². The SMILES string of the molecule is Cc1cc(C)c(-c2cc3c4cc5c(cc4n4c6cnc7c(c6c(c2)c34)C2(C)CCC7(C)CC2)c2cc(-c3c(C(C)C)cc(C(C)C)cc3C(C)C)cc3c4cc6c(cc4n5c32)C(=O)C2CCC6CC2)c(C)c1. The second-order valence-electron chi connectivity index (χ2n) is 25.4. The monoisotopic (exact) mass is 942 g/mol. The summed E-state index contributed by atoms with van der Waals surface area (Å²) in [6, 6.07) is 29.8. The Kier molecular flexibility index (Phi) is 8.59. The molecule has 0 unspecified atom stereocenters. The number of hydrogen-bond acceptors (Lipinski definition) is 2. The van der Waals surface area contributed by atoms with Crippen LogP contribution in [0.3, 0.4) is 0 Å². The number of hydrogen-bond donors (Lipinski definition) is 0. The molecule has 4 heteroatoms. The average Bonchev–Trinajstić information content (AvgIpc) is 4.04. The van der Waals surface area contributed by atoms with Crippen molar-refractivity contribution in [3.63, 3.8) is 0 Å². The van der Waals surface area contributed by atoms with Gasteiger partial charge in [0.25, 0.3) is 0 Å². The van der Waals surface area contributed by atoms with Crippen LogP contribution in [0.2, 0.25) is 0 Å². The summed E-state index contributed by atoms with van der Waals surface area (Å²) in [6.07, 6.45) is 11.3. The van der Waals surface area contributed by atoms with Crippen LogP contribution in [0, 0.1) is 26.7 Å². The highest BCUT2D eigenvalue weighted by Crippen LogP contribution is 2.59. The molecule has 17 rings (SSSR count). The quantitative estimate of drug-likeness (QED) is 0.172. The fraction of sp³-hybridized carbons (Fsp3) is 0.382. The number of benzene rings is 6. The predicted octanol–water partition coefficient (Wildman–Crippen LogP) is 18.6. The molecule has 5 aromatic heterocycles. The van der Waals surface area contributed by atoms with Gasteiger partial charge in [0.2, 0.25) is 0 Å². The molecule has 2 fully saturated rings. The van der Waals surface area contributed by atoms with Crippen LogP contribution in [0.5, 0.6) is 0 Å². The van der Waals surface area contributed by atoms with E-state index in [2.05, 4.69) is 164 Å². The standard InChI is InChI=1S/C68H67N3O/c1-33(2)41-22-44(34(3)4)60(45(23-41)35(5)6)43-25-50-47-28-46-39-12-14-40(15-13-39)65(72)53(46)31-57(47)70-55-29-49-52-24-42(59-37(8)20-36(7)21-38(59)9)27-54-61-58(32-69-66-62(61)67(10)16-18-68(66,11)19-17-67)71(64(52)54)56(49)30-48(55)51(26-43)63(50)70/h20-35,39-40H,12-19H2,1-11H3. The smallest absolute Gasteiger partial charge is 0.166 e. The molecule has 6 aliphatic carbocycles. The molecule has 6 aromatic carbocycles. The Morgan fingerprint density at radius 2 is 1.03 bits per heavy atom. The molecular weight excluding hydrogens is 875 g/mol. The van der Waals surface area contributed by atoms with Crippen molar-refractivity contribution < 1.29 is 4.79 Å². The predicted molar refractivity (Wildman–Crippen MR) is 303 cm³/mol. The van der Waals surface area contributed by atoms with Gasteiger partial charge in [-0.2, -0.15) is 0 Å². The van der Waals surface area contributed by atoms with Gasteiger partial charge in [0.05, 0.1) is 45.0 Å². The van der Waals surface area contributed by atoms with E-state index in [9.17, 15) is 4.79 Å². The van der Waals surface area contributed by atoms with Crippen molar-refractivity contribution in [2.24, 2.45) is 5.92 Å². The zero-order valence-electron chi connectivity index (χ0n) is 44.3. The first kappa shape index (κ1) is 43.3. The molecule has 4 nitrogen and oxygen atoms in total. The highest BCUT2D eigenvalue weighted by Gasteiger charge is 2.50. The lowest BCUT2D eigenvalue weighted by Gasteiger charge is -2.51. The fourth-order valence-corrected chi connectivity index (χ4v) is 16.2. The summed E-state index contributed by atoms with van der Waals surface area (Å²) in [7, 11) is 0. The maximum atomic E-state index is 14.6. The van der Waals surface area contributed by atoms with Crippen LogP contribution in [0.15, 0.2) is 79.0 Å². The van der Waals surface area contributed by atoms with E-state index < -0.39 is 0 Å². The van der Waals surface area contributed by atoms with Crippen LogP contribution < -0.4 is 0 Å². The van der Waals surface area contributed by atoms with Crippen LogP contribution in [0.1, 0.15) is 191 Å². The van der Waals surface area contributed by atoms with Gasteiger partial charge in [0.1, 0.15) is 0 Å². The fourth-order valence-electron chi connectivity index (χ4n) is 16.2. The number of carbonyl (C=O) groups is 1. The second kappa shape index (κ2) is 14.3. The number of aromatic nitrogens is 3. The third-order valence-corrected chi connectivity index (χ3v) is 19.9. The van der Waals surface area contributed by atoms with E-state index in [1.165, 1.54) is 174 Å². The van der Waals surface area contributed by atoms with Crippen molar-refractivity contribution in [2.45, 2.75) is 162 Å². The lowest BCUT2D eigenvalue weighted by Crippen LogP contribution is -2.45. The minimum absolute atomic E-state index is 0.0946. The molecule has 0 amide bonds. The average molecular weight is 942 g/mol. The number of pyridine rings is 1. The molecule has 0 radical (unpaired) electrons. The third-order valence-electron chi connectivity index (χ3n) is 19.9. The zero-order valence-corrected chi connectivity index (χ0v) is 44.3. The normalized spacial score (nSPS) is 22.2. The van der Waals surface area contributed by atoms with E-state index in [-0.39, 0.29) is 16.7 Å². The first-order chi connectivity index (χ1) is 34.5. The minimum Gasteiger partial charge on any atom is -0.308 e. The number of aryl methyl sites for hydroxylation is 3. The number of carbonyl (C=O) groups excluding carboxylic acids is 1. The summed E-state index contributed by atoms with van der Waals surface area (Å²) in [5, 5.41) is 10.5. The third kappa shape index (κ3) is 5.44. The number of Topliss-reactive ketones (excluding diaryl/α,β-unsaturated/α-hetero) is 1. The lowest BCUT2D eigenvalue weighted by atomic mass is 9.53. The van der Waals surface area contributed by atoms with Gasteiger partial charge < -0.3 is 8.80 Å². The molecule has 11 aromatic rings. The Bertz CT molecular complexity index is 4170. The van der Waals surface area contributed by atoms with Crippen molar-refractivity contribution in [2.75, 3.05) is 0 Å². The van der Waals surface area contributed by atoms with E-state index in [1.807, 2.05) is 0 Å². The number of ketones is 1. The topological polar surface area (TPSA) is 38.8 Å². The highest BCUT2D eigenvalue weighted by molar-refractivity contribution is 6.30. The first-order valence-electron chi connectivity index (χ1n) is 27.7. The van der Waals surface area contributed by atoms with Gasteiger partial charge in [0, 0.05) is 60.0 Å². The first-order valence-corrected chi connectivity index (χ1v) is 27.7. The van der Waals surface area contributed by atoms with Crippen molar-refractivity contribution in [1.29, 1.82) is 0 Å². The molecule has 0 aliphatic heterocycles.